The number of pyridine rings is 2. The van der Waals surface area contributed by atoms with E-state index in [0.717, 1.165) is 36.8 Å². The Hall–Kier alpha value is -2.01. The third-order valence-corrected chi connectivity index (χ3v) is 4.76. The van der Waals surface area contributed by atoms with E-state index in [0.29, 0.717) is 11.9 Å². The van der Waals surface area contributed by atoms with E-state index < -0.39 is 0 Å². The molecule has 0 spiro atoms. The molecule has 3 rings (SSSR count). The number of likely N-dealkylation sites (tertiary alicyclic amines) is 1. The topological polar surface area (TPSA) is 58.1 Å². The Balaban J connectivity index is 1.83. The molecule has 1 aliphatic heterocycles. The normalized spacial score (nSPS) is 22.4. The van der Waals surface area contributed by atoms with Crippen molar-refractivity contribution in [2.45, 2.75) is 39.7 Å². The van der Waals surface area contributed by atoms with Crippen molar-refractivity contribution in [2.75, 3.05) is 18.4 Å². The van der Waals surface area contributed by atoms with E-state index >= 15 is 0 Å². The summed E-state index contributed by atoms with van der Waals surface area (Å²) in [5, 5.41) is 4.00. The SMILES string of the molecule is CC(C)N1CCCC(C)(C(=O)Nc2nccc3cccnc23)C1. The van der Waals surface area contributed by atoms with E-state index in [9.17, 15) is 4.79 Å². The van der Waals surface area contributed by atoms with E-state index in [1.165, 1.54) is 0 Å². The Bertz CT molecular complexity index is 710. The summed E-state index contributed by atoms with van der Waals surface area (Å²) in [6, 6.07) is 6.22. The van der Waals surface area contributed by atoms with Crippen LogP contribution in [0.2, 0.25) is 0 Å². The number of rotatable bonds is 3. The Morgan fingerprint density at radius 1 is 1.30 bits per heavy atom. The van der Waals surface area contributed by atoms with Crippen molar-refractivity contribution in [3.05, 3.63) is 30.6 Å². The maximum Gasteiger partial charge on any atom is 0.232 e. The maximum atomic E-state index is 12.9. The number of nitrogens with one attached hydrogen (secondary N) is 1. The molecule has 0 saturated carbocycles. The van der Waals surface area contributed by atoms with Crippen LogP contribution in [0.1, 0.15) is 33.6 Å². The highest BCUT2D eigenvalue weighted by molar-refractivity contribution is 6.00. The van der Waals surface area contributed by atoms with Gasteiger partial charge in [0, 0.05) is 30.4 Å². The first-order valence-corrected chi connectivity index (χ1v) is 8.25. The fraction of sp³-hybridized carbons (Fsp3) is 0.500. The van der Waals surface area contributed by atoms with Crippen LogP contribution >= 0.6 is 0 Å². The van der Waals surface area contributed by atoms with E-state index in [2.05, 4.69) is 41.0 Å². The fourth-order valence-electron chi connectivity index (χ4n) is 3.26. The number of carbonyl (C=O) groups is 1. The maximum absolute atomic E-state index is 12.9. The first-order chi connectivity index (χ1) is 11.0. The van der Waals surface area contributed by atoms with Crippen molar-refractivity contribution in [1.82, 2.24) is 14.9 Å². The Morgan fingerprint density at radius 3 is 2.91 bits per heavy atom. The van der Waals surface area contributed by atoms with Crippen LogP contribution < -0.4 is 5.32 Å². The number of fused-ring (bicyclic) bond motifs is 1. The molecule has 1 aliphatic rings. The van der Waals surface area contributed by atoms with Crippen molar-refractivity contribution in [3.63, 3.8) is 0 Å². The highest BCUT2D eigenvalue weighted by Crippen LogP contribution is 2.32. The second kappa shape index (κ2) is 6.24. The Morgan fingerprint density at radius 2 is 2.13 bits per heavy atom. The average molecular weight is 312 g/mol. The quantitative estimate of drug-likeness (QED) is 0.946. The van der Waals surface area contributed by atoms with Crippen molar-refractivity contribution in [2.24, 2.45) is 5.41 Å². The Kier molecular flexibility index (Phi) is 4.31. The highest BCUT2D eigenvalue weighted by Gasteiger charge is 2.38. The second-order valence-electron chi connectivity index (χ2n) is 6.92. The number of amides is 1. The third-order valence-electron chi connectivity index (χ3n) is 4.76. The van der Waals surface area contributed by atoms with Gasteiger partial charge in [0.25, 0.3) is 0 Å². The van der Waals surface area contributed by atoms with Gasteiger partial charge in [-0.1, -0.05) is 6.07 Å². The molecule has 2 aromatic heterocycles. The van der Waals surface area contributed by atoms with Gasteiger partial charge in [-0.05, 0) is 52.3 Å². The number of hydrogen-bond donors (Lipinski definition) is 1. The lowest BCUT2D eigenvalue weighted by atomic mass is 9.80. The average Bonchev–Trinajstić information content (AvgIpc) is 2.55. The predicted octanol–water partition coefficient (Wildman–Crippen LogP) is 3.08. The summed E-state index contributed by atoms with van der Waals surface area (Å²) < 4.78 is 0. The summed E-state index contributed by atoms with van der Waals surface area (Å²) in [7, 11) is 0. The van der Waals surface area contributed by atoms with Crippen LogP contribution in [0.4, 0.5) is 5.82 Å². The molecule has 122 valence electrons. The molecule has 1 saturated heterocycles. The second-order valence-corrected chi connectivity index (χ2v) is 6.92. The summed E-state index contributed by atoms with van der Waals surface area (Å²) in [4.78, 5) is 23.9. The minimum Gasteiger partial charge on any atom is -0.308 e. The smallest absolute Gasteiger partial charge is 0.232 e. The van der Waals surface area contributed by atoms with Gasteiger partial charge in [-0.15, -0.1) is 0 Å². The lowest BCUT2D eigenvalue weighted by Crippen LogP contribution is -2.50. The Labute approximate surface area is 137 Å². The number of carbonyl (C=O) groups excluding carboxylic acids is 1. The van der Waals surface area contributed by atoms with Gasteiger partial charge in [0.2, 0.25) is 5.91 Å². The van der Waals surface area contributed by atoms with Crippen LogP contribution in [0.5, 0.6) is 0 Å². The molecular weight excluding hydrogens is 288 g/mol. The first kappa shape index (κ1) is 15.9. The molecule has 1 unspecified atom stereocenters. The van der Waals surface area contributed by atoms with Gasteiger partial charge >= 0.3 is 0 Å². The lowest BCUT2D eigenvalue weighted by molar-refractivity contribution is -0.128. The van der Waals surface area contributed by atoms with Gasteiger partial charge < -0.3 is 5.32 Å². The molecule has 0 aromatic carbocycles. The predicted molar refractivity (Wildman–Crippen MR) is 92.2 cm³/mol. The number of hydrogen-bond acceptors (Lipinski definition) is 4. The van der Waals surface area contributed by atoms with Gasteiger partial charge in [-0.2, -0.15) is 0 Å². The molecule has 1 fully saturated rings. The van der Waals surface area contributed by atoms with Crippen LogP contribution in [0.15, 0.2) is 30.6 Å². The summed E-state index contributed by atoms with van der Waals surface area (Å²) >= 11 is 0. The monoisotopic (exact) mass is 312 g/mol. The van der Waals surface area contributed by atoms with Gasteiger partial charge in [0.05, 0.1) is 5.41 Å². The molecule has 23 heavy (non-hydrogen) atoms. The van der Waals surface area contributed by atoms with Crippen molar-refractivity contribution >= 4 is 22.6 Å². The third kappa shape index (κ3) is 3.20. The van der Waals surface area contributed by atoms with Crippen molar-refractivity contribution in [3.8, 4) is 0 Å². The standard InChI is InChI=1S/C18H24N4O/c1-13(2)22-11-5-8-18(3,12-22)17(23)21-16-15-14(7-10-20-16)6-4-9-19-15/h4,6-7,9-10,13H,5,8,11-12H2,1-3H3,(H,20,21,23). The molecule has 0 bridgehead atoms. The molecule has 5 nitrogen and oxygen atoms in total. The van der Waals surface area contributed by atoms with E-state index in [1.54, 1.807) is 12.4 Å². The van der Waals surface area contributed by atoms with Crippen LogP contribution in [0.3, 0.4) is 0 Å². The first-order valence-electron chi connectivity index (χ1n) is 8.25. The number of aromatic nitrogens is 2. The van der Waals surface area contributed by atoms with Gasteiger partial charge in [0.1, 0.15) is 5.52 Å². The van der Waals surface area contributed by atoms with Crippen LogP contribution in [0, 0.1) is 5.41 Å². The molecule has 0 radical (unpaired) electrons. The number of nitrogens with zero attached hydrogens (tertiary/aromatic N) is 3. The minimum atomic E-state index is -0.388. The zero-order valence-corrected chi connectivity index (χ0v) is 14.0. The van der Waals surface area contributed by atoms with E-state index in [-0.39, 0.29) is 11.3 Å². The molecule has 1 amide bonds. The molecule has 0 aliphatic carbocycles. The van der Waals surface area contributed by atoms with Gasteiger partial charge in [-0.25, -0.2) is 4.98 Å². The van der Waals surface area contributed by atoms with Gasteiger partial charge in [0.15, 0.2) is 5.82 Å². The zero-order valence-electron chi connectivity index (χ0n) is 14.0. The van der Waals surface area contributed by atoms with E-state index in [1.807, 2.05) is 18.2 Å². The molecule has 2 aromatic rings. The fourth-order valence-corrected chi connectivity index (χ4v) is 3.26. The summed E-state index contributed by atoms with van der Waals surface area (Å²) in [5.74, 6) is 0.587. The van der Waals surface area contributed by atoms with Crippen molar-refractivity contribution < 1.29 is 4.79 Å². The lowest BCUT2D eigenvalue weighted by Gasteiger charge is -2.41. The highest BCUT2D eigenvalue weighted by atomic mass is 16.2. The summed E-state index contributed by atoms with van der Waals surface area (Å²) in [6.45, 7) is 8.26. The van der Waals surface area contributed by atoms with Crippen molar-refractivity contribution in [1.29, 1.82) is 0 Å². The minimum absolute atomic E-state index is 0.0357. The molecular formula is C18H24N4O. The van der Waals surface area contributed by atoms with Crippen LogP contribution in [-0.4, -0.2) is 39.9 Å². The number of anilines is 1. The van der Waals surface area contributed by atoms with Crippen LogP contribution in [-0.2, 0) is 4.79 Å². The molecule has 1 N–H and O–H groups in total. The molecule has 5 heteroatoms. The van der Waals surface area contributed by atoms with Gasteiger partial charge in [-0.3, -0.25) is 14.7 Å². The molecule has 3 heterocycles. The van der Waals surface area contributed by atoms with E-state index in [4.69, 9.17) is 0 Å². The summed E-state index contributed by atoms with van der Waals surface area (Å²) in [6.07, 6.45) is 5.38. The largest absolute Gasteiger partial charge is 0.308 e. The van der Waals surface area contributed by atoms with Crippen LogP contribution in [0.25, 0.3) is 10.9 Å². The number of piperidine rings is 1. The molecule has 1 atom stereocenters. The zero-order chi connectivity index (χ0) is 16.4. The summed E-state index contributed by atoms with van der Waals surface area (Å²) in [5.41, 5.74) is 0.352.